The molecule has 17 heavy (non-hydrogen) atoms. The van der Waals surface area contributed by atoms with Crippen LogP contribution in [0.5, 0.6) is 0 Å². The predicted molar refractivity (Wildman–Crippen MR) is 68.2 cm³/mol. The van der Waals surface area contributed by atoms with Gasteiger partial charge in [-0.05, 0) is 37.3 Å². The molecule has 0 unspecified atom stereocenters. The van der Waals surface area contributed by atoms with Crippen LogP contribution in [0, 0.1) is 6.92 Å². The maximum absolute atomic E-state index is 12.0. The van der Waals surface area contributed by atoms with Crippen LogP contribution in [0.15, 0.2) is 18.2 Å². The van der Waals surface area contributed by atoms with Crippen molar-refractivity contribution in [2.24, 2.45) is 0 Å². The van der Waals surface area contributed by atoms with E-state index in [0.29, 0.717) is 6.61 Å². The van der Waals surface area contributed by atoms with Gasteiger partial charge in [-0.15, -0.1) is 0 Å². The molecular weight excluding hydrogens is 214 g/mol. The SMILES string of the molecule is CCc1cccc(C)c1NC(=O)[C@H]1CCCO1. The lowest BCUT2D eigenvalue weighted by molar-refractivity contribution is -0.124. The van der Waals surface area contributed by atoms with Crippen LogP contribution in [0.3, 0.4) is 0 Å². The van der Waals surface area contributed by atoms with E-state index >= 15 is 0 Å². The molecule has 3 nitrogen and oxygen atoms in total. The highest BCUT2D eigenvalue weighted by atomic mass is 16.5. The molecule has 3 heteroatoms. The van der Waals surface area contributed by atoms with Crippen molar-refractivity contribution < 1.29 is 9.53 Å². The summed E-state index contributed by atoms with van der Waals surface area (Å²) in [6.07, 6.45) is 2.47. The molecule has 1 N–H and O–H groups in total. The quantitative estimate of drug-likeness (QED) is 0.871. The van der Waals surface area contributed by atoms with Gasteiger partial charge in [0.1, 0.15) is 6.10 Å². The van der Waals surface area contributed by atoms with Gasteiger partial charge in [0.2, 0.25) is 0 Å². The van der Waals surface area contributed by atoms with E-state index in [0.717, 1.165) is 30.5 Å². The Morgan fingerprint density at radius 1 is 1.53 bits per heavy atom. The number of amides is 1. The van der Waals surface area contributed by atoms with Gasteiger partial charge in [0.05, 0.1) is 0 Å². The summed E-state index contributed by atoms with van der Waals surface area (Å²) in [5.41, 5.74) is 3.24. The molecule has 1 aliphatic heterocycles. The third-order valence-corrected chi connectivity index (χ3v) is 3.21. The Morgan fingerprint density at radius 3 is 3.00 bits per heavy atom. The number of nitrogens with one attached hydrogen (secondary N) is 1. The van der Waals surface area contributed by atoms with Crippen molar-refractivity contribution in [2.45, 2.75) is 39.2 Å². The fourth-order valence-electron chi connectivity index (χ4n) is 2.19. The zero-order chi connectivity index (χ0) is 12.3. The number of anilines is 1. The Morgan fingerprint density at radius 2 is 2.35 bits per heavy atom. The van der Waals surface area contributed by atoms with E-state index in [-0.39, 0.29) is 12.0 Å². The topological polar surface area (TPSA) is 38.3 Å². The van der Waals surface area contributed by atoms with Gasteiger partial charge in [0.15, 0.2) is 0 Å². The van der Waals surface area contributed by atoms with Gasteiger partial charge in [-0.3, -0.25) is 4.79 Å². The number of carbonyl (C=O) groups is 1. The van der Waals surface area contributed by atoms with Gasteiger partial charge in [0.25, 0.3) is 5.91 Å². The second kappa shape index (κ2) is 5.32. The number of ether oxygens (including phenoxy) is 1. The first-order valence-corrected chi connectivity index (χ1v) is 6.23. The molecule has 0 aliphatic carbocycles. The summed E-state index contributed by atoms with van der Waals surface area (Å²) in [4.78, 5) is 12.0. The van der Waals surface area contributed by atoms with E-state index in [9.17, 15) is 4.79 Å². The number of hydrogen-bond donors (Lipinski definition) is 1. The molecule has 1 saturated heterocycles. The minimum absolute atomic E-state index is 0.00787. The average molecular weight is 233 g/mol. The maximum atomic E-state index is 12.0. The lowest BCUT2D eigenvalue weighted by atomic mass is 10.1. The number of rotatable bonds is 3. The molecule has 1 heterocycles. The van der Waals surface area contributed by atoms with Crippen molar-refractivity contribution in [3.8, 4) is 0 Å². The minimum Gasteiger partial charge on any atom is -0.368 e. The van der Waals surface area contributed by atoms with Gasteiger partial charge < -0.3 is 10.1 Å². The molecule has 1 atom stereocenters. The first-order valence-electron chi connectivity index (χ1n) is 6.23. The van der Waals surface area contributed by atoms with Gasteiger partial charge >= 0.3 is 0 Å². The summed E-state index contributed by atoms with van der Waals surface area (Å²) in [6.45, 7) is 4.81. The Balaban J connectivity index is 2.14. The first-order chi connectivity index (χ1) is 8.22. The van der Waals surface area contributed by atoms with Crippen LogP contribution in [-0.4, -0.2) is 18.6 Å². The fraction of sp³-hybridized carbons (Fsp3) is 0.500. The molecule has 1 aromatic carbocycles. The van der Waals surface area contributed by atoms with Crippen molar-refractivity contribution >= 4 is 11.6 Å². The van der Waals surface area contributed by atoms with Crippen LogP contribution in [0.25, 0.3) is 0 Å². The number of benzene rings is 1. The average Bonchev–Trinajstić information content (AvgIpc) is 2.85. The van der Waals surface area contributed by atoms with Crippen LogP contribution < -0.4 is 5.32 Å². The van der Waals surface area contributed by atoms with Gasteiger partial charge in [0, 0.05) is 12.3 Å². The number of aryl methyl sites for hydroxylation is 2. The highest BCUT2D eigenvalue weighted by Crippen LogP contribution is 2.22. The van der Waals surface area contributed by atoms with Gasteiger partial charge in [-0.25, -0.2) is 0 Å². The Hall–Kier alpha value is -1.35. The summed E-state index contributed by atoms with van der Waals surface area (Å²) < 4.78 is 5.39. The highest BCUT2D eigenvalue weighted by Gasteiger charge is 2.24. The van der Waals surface area contributed by atoms with Crippen molar-refractivity contribution in [3.63, 3.8) is 0 Å². The molecule has 1 amide bonds. The van der Waals surface area contributed by atoms with Crippen LogP contribution >= 0.6 is 0 Å². The molecule has 0 aromatic heterocycles. The lowest BCUT2D eigenvalue weighted by Gasteiger charge is -2.15. The third kappa shape index (κ3) is 2.67. The van der Waals surface area contributed by atoms with E-state index < -0.39 is 0 Å². The monoisotopic (exact) mass is 233 g/mol. The molecule has 0 spiro atoms. The zero-order valence-electron chi connectivity index (χ0n) is 10.5. The van der Waals surface area contributed by atoms with Crippen molar-refractivity contribution in [3.05, 3.63) is 29.3 Å². The van der Waals surface area contributed by atoms with E-state index in [1.807, 2.05) is 19.1 Å². The lowest BCUT2D eigenvalue weighted by Crippen LogP contribution is -2.27. The minimum atomic E-state index is -0.265. The summed E-state index contributed by atoms with van der Waals surface area (Å²) >= 11 is 0. The van der Waals surface area contributed by atoms with E-state index in [1.165, 1.54) is 5.56 Å². The molecule has 0 saturated carbocycles. The highest BCUT2D eigenvalue weighted by molar-refractivity contribution is 5.95. The molecule has 1 aromatic rings. The third-order valence-electron chi connectivity index (χ3n) is 3.21. The zero-order valence-corrected chi connectivity index (χ0v) is 10.5. The Kier molecular flexibility index (Phi) is 3.79. The second-order valence-electron chi connectivity index (χ2n) is 4.45. The van der Waals surface area contributed by atoms with Crippen LogP contribution in [-0.2, 0) is 16.0 Å². The fourth-order valence-corrected chi connectivity index (χ4v) is 2.19. The van der Waals surface area contributed by atoms with Crippen molar-refractivity contribution in [2.75, 3.05) is 11.9 Å². The first kappa shape index (κ1) is 12.1. The summed E-state index contributed by atoms with van der Waals surface area (Å²) in [7, 11) is 0. The van der Waals surface area contributed by atoms with Crippen LogP contribution in [0.4, 0.5) is 5.69 Å². The standard InChI is InChI=1S/C14H19NO2/c1-3-11-7-4-6-10(2)13(11)15-14(16)12-8-5-9-17-12/h4,6-7,12H,3,5,8-9H2,1-2H3,(H,15,16)/t12-/m1/s1. The van der Waals surface area contributed by atoms with Gasteiger partial charge in [-0.2, -0.15) is 0 Å². The second-order valence-corrected chi connectivity index (χ2v) is 4.45. The Labute approximate surface area is 102 Å². The molecular formula is C14H19NO2. The number of para-hydroxylation sites is 1. The van der Waals surface area contributed by atoms with Crippen LogP contribution in [0.2, 0.25) is 0 Å². The number of carbonyl (C=O) groups excluding carboxylic acids is 1. The summed E-state index contributed by atoms with van der Waals surface area (Å²) in [5, 5.41) is 3.01. The normalized spacial score (nSPS) is 19.3. The number of hydrogen-bond acceptors (Lipinski definition) is 2. The maximum Gasteiger partial charge on any atom is 0.253 e. The molecule has 0 bridgehead atoms. The van der Waals surface area contributed by atoms with Crippen LogP contribution in [0.1, 0.15) is 30.9 Å². The summed E-state index contributed by atoms with van der Waals surface area (Å²) in [5.74, 6) is -0.00787. The Bertz CT molecular complexity index is 409. The van der Waals surface area contributed by atoms with E-state index in [2.05, 4.69) is 18.3 Å². The predicted octanol–water partition coefficient (Wildman–Crippen LogP) is 2.67. The molecule has 0 radical (unpaired) electrons. The van der Waals surface area contributed by atoms with Crippen molar-refractivity contribution in [1.82, 2.24) is 0 Å². The molecule has 1 aliphatic rings. The van der Waals surface area contributed by atoms with E-state index in [1.54, 1.807) is 0 Å². The molecule has 92 valence electrons. The largest absolute Gasteiger partial charge is 0.368 e. The smallest absolute Gasteiger partial charge is 0.253 e. The molecule has 2 rings (SSSR count). The van der Waals surface area contributed by atoms with Gasteiger partial charge in [-0.1, -0.05) is 25.1 Å². The molecule has 1 fully saturated rings. The summed E-state index contributed by atoms with van der Waals surface area (Å²) in [6, 6.07) is 6.10. The van der Waals surface area contributed by atoms with Crippen molar-refractivity contribution in [1.29, 1.82) is 0 Å². The van der Waals surface area contributed by atoms with E-state index in [4.69, 9.17) is 4.74 Å².